The first-order valence-corrected chi connectivity index (χ1v) is 5.34. The Morgan fingerprint density at radius 1 is 1.11 bits per heavy atom. The van der Waals surface area contributed by atoms with Crippen molar-refractivity contribution in [1.29, 1.82) is 0 Å². The predicted molar refractivity (Wildman–Crippen MR) is 58.8 cm³/mol. The molecule has 1 N–H and O–H groups in total. The van der Waals surface area contributed by atoms with Gasteiger partial charge in [0.2, 0.25) is 0 Å². The van der Waals surface area contributed by atoms with E-state index in [0.717, 1.165) is 18.3 Å². The van der Waals surface area contributed by atoms with Crippen LogP contribution in [0.1, 0.15) is 11.7 Å². The molecule has 0 bridgehead atoms. The van der Waals surface area contributed by atoms with Crippen molar-refractivity contribution in [2.45, 2.75) is 18.1 Å². The Bertz CT molecular complexity index is 528. The first kappa shape index (κ1) is 13.5. The van der Waals surface area contributed by atoms with Gasteiger partial charge in [-0.1, -0.05) is 30.3 Å². The van der Waals surface area contributed by atoms with Gasteiger partial charge in [-0.05, 0) is 5.56 Å². The topological polar surface area (TPSA) is 38.0 Å². The second-order valence-electron chi connectivity index (χ2n) is 3.95. The van der Waals surface area contributed by atoms with E-state index in [9.17, 15) is 22.7 Å². The molecule has 0 fully saturated rings. The van der Waals surface area contributed by atoms with Crippen molar-refractivity contribution in [3.05, 3.63) is 54.6 Å². The SMILES string of the molecule is OC(c1ccccc1)C(F)(F)C(F)(F)n1ccnc1. The van der Waals surface area contributed by atoms with Crippen LogP contribution in [-0.4, -0.2) is 20.6 Å². The minimum atomic E-state index is -4.67. The van der Waals surface area contributed by atoms with Gasteiger partial charge in [0.25, 0.3) is 0 Å². The Balaban J connectivity index is 2.37. The number of hydrogen-bond donors (Lipinski definition) is 1. The fourth-order valence-electron chi connectivity index (χ4n) is 1.61. The fourth-order valence-corrected chi connectivity index (χ4v) is 1.61. The van der Waals surface area contributed by atoms with Crippen LogP contribution in [0.25, 0.3) is 0 Å². The van der Waals surface area contributed by atoms with Crippen molar-refractivity contribution >= 4 is 0 Å². The largest absolute Gasteiger partial charge is 0.396 e. The average Bonchev–Trinajstić information content (AvgIpc) is 2.93. The molecule has 19 heavy (non-hydrogen) atoms. The smallest absolute Gasteiger partial charge is 0.382 e. The Labute approximate surface area is 106 Å². The predicted octanol–water partition coefficient (Wildman–Crippen LogP) is 2.80. The molecule has 1 aromatic carbocycles. The summed E-state index contributed by atoms with van der Waals surface area (Å²) < 4.78 is 55.0. The Hall–Kier alpha value is -1.89. The number of rotatable bonds is 4. The molecule has 0 aliphatic heterocycles. The second kappa shape index (κ2) is 4.65. The molecule has 1 atom stereocenters. The molecule has 1 heterocycles. The third-order valence-corrected chi connectivity index (χ3v) is 2.69. The molecule has 0 spiro atoms. The highest BCUT2D eigenvalue weighted by Crippen LogP contribution is 2.46. The summed E-state index contributed by atoms with van der Waals surface area (Å²) in [4.78, 5) is 3.30. The van der Waals surface area contributed by atoms with Crippen LogP contribution in [0.3, 0.4) is 0 Å². The van der Waals surface area contributed by atoms with Crippen LogP contribution in [0, 0.1) is 0 Å². The summed E-state index contributed by atoms with van der Waals surface area (Å²) in [6.07, 6.45) is -0.373. The lowest BCUT2D eigenvalue weighted by Crippen LogP contribution is -2.46. The lowest BCUT2D eigenvalue weighted by molar-refractivity contribution is -0.298. The summed E-state index contributed by atoms with van der Waals surface area (Å²) in [6, 6.07) is 2.01. The van der Waals surface area contributed by atoms with Crippen molar-refractivity contribution in [2.24, 2.45) is 0 Å². The molecule has 7 heteroatoms. The summed E-state index contributed by atoms with van der Waals surface area (Å²) in [5, 5.41) is 9.52. The van der Waals surface area contributed by atoms with E-state index in [1.54, 1.807) is 0 Å². The number of imidazole rings is 1. The Morgan fingerprint density at radius 3 is 2.26 bits per heavy atom. The van der Waals surface area contributed by atoms with E-state index in [1.807, 2.05) is 0 Å². The summed E-state index contributed by atoms with van der Waals surface area (Å²) in [6.45, 7) is 0. The molecular formula is C12H10F4N2O. The van der Waals surface area contributed by atoms with Crippen LogP contribution in [0.5, 0.6) is 0 Å². The monoisotopic (exact) mass is 274 g/mol. The summed E-state index contributed by atoms with van der Waals surface area (Å²) in [7, 11) is 0. The van der Waals surface area contributed by atoms with Crippen molar-refractivity contribution in [3.8, 4) is 0 Å². The lowest BCUT2D eigenvalue weighted by Gasteiger charge is -2.30. The van der Waals surface area contributed by atoms with Crippen LogP contribution < -0.4 is 0 Å². The highest BCUT2D eigenvalue weighted by molar-refractivity contribution is 5.20. The summed E-state index contributed by atoms with van der Waals surface area (Å²) >= 11 is 0. The molecular weight excluding hydrogens is 264 g/mol. The van der Waals surface area contributed by atoms with Gasteiger partial charge in [-0.25, -0.2) is 4.98 Å². The average molecular weight is 274 g/mol. The molecule has 0 amide bonds. The molecule has 0 aliphatic rings. The number of benzene rings is 1. The van der Waals surface area contributed by atoms with E-state index in [4.69, 9.17) is 0 Å². The molecule has 0 saturated carbocycles. The van der Waals surface area contributed by atoms with Crippen LogP contribution in [-0.2, 0) is 6.05 Å². The zero-order valence-electron chi connectivity index (χ0n) is 9.55. The minimum Gasteiger partial charge on any atom is -0.382 e. The highest BCUT2D eigenvalue weighted by atomic mass is 19.3. The zero-order valence-corrected chi connectivity index (χ0v) is 9.55. The maximum absolute atomic E-state index is 13.8. The maximum Gasteiger partial charge on any atom is 0.396 e. The van der Waals surface area contributed by atoms with E-state index in [1.165, 1.54) is 18.2 Å². The van der Waals surface area contributed by atoms with Crippen LogP contribution in [0.2, 0.25) is 0 Å². The van der Waals surface area contributed by atoms with Gasteiger partial charge >= 0.3 is 12.0 Å². The molecule has 102 valence electrons. The summed E-state index contributed by atoms with van der Waals surface area (Å²) in [5.74, 6) is -4.67. The quantitative estimate of drug-likeness (QED) is 0.871. The van der Waals surface area contributed by atoms with Gasteiger partial charge in [0.15, 0.2) is 6.10 Å². The van der Waals surface area contributed by atoms with Crippen molar-refractivity contribution in [2.75, 3.05) is 0 Å². The van der Waals surface area contributed by atoms with Gasteiger partial charge in [-0.15, -0.1) is 0 Å². The minimum absolute atomic E-state index is 0.0286. The third-order valence-electron chi connectivity index (χ3n) is 2.69. The highest BCUT2D eigenvalue weighted by Gasteiger charge is 2.62. The zero-order chi connectivity index (χ0) is 14.1. The van der Waals surface area contributed by atoms with Gasteiger partial charge in [0.1, 0.15) is 0 Å². The maximum atomic E-state index is 13.8. The molecule has 0 saturated heterocycles. The van der Waals surface area contributed by atoms with Gasteiger partial charge in [-0.2, -0.15) is 17.6 Å². The molecule has 2 rings (SSSR count). The Kier molecular flexibility index (Phi) is 3.32. The first-order chi connectivity index (χ1) is 8.87. The molecule has 2 aromatic rings. The van der Waals surface area contributed by atoms with E-state index in [-0.39, 0.29) is 10.1 Å². The van der Waals surface area contributed by atoms with Crippen LogP contribution >= 0.6 is 0 Å². The van der Waals surface area contributed by atoms with Crippen molar-refractivity contribution < 1.29 is 22.7 Å². The normalized spacial score (nSPS) is 14.4. The van der Waals surface area contributed by atoms with Gasteiger partial charge in [-0.3, -0.25) is 4.57 Å². The number of aromatic nitrogens is 2. The number of alkyl halides is 4. The van der Waals surface area contributed by atoms with Crippen LogP contribution in [0.15, 0.2) is 49.1 Å². The second-order valence-corrected chi connectivity index (χ2v) is 3.95. The standard InChI is InChI=1S/C12H10F4N2O/c13-11(14,10(19)9-4-2-1-3-5-9)12(15,16)18-7-6-17-8-18/h1-8,10,19H. The lowest BCUT2D eigenvalue weighted by atomic mass is 10.0. The molecule has 0 radical (unpaired) electrons. The summed E-state index contributed by atoms with van der Waals surface area (Å²) in [5.41, 5.74) is -0.285. The number of nitrogens with zero attached hydrogens (tertiary/aromatic N) is 2. The van der Waals surface area contributed by atoms with Crippen molar-refractivity contribution in [1.82, 2.24) is 9.55 Å². The van der Waals surface area contributed by atoms with Gasteiger partial charge < -0.3 is 5.11 Å². The van der Waals surface area contributed by atoms with Crippen molar-refractivity contribution in [3.63, 3.8) is 0 Å². The first-order valence-electron chi connectivity index (χ1n) is 5.34. The number of hydrogen-bond acceptors (Lipinski definition) is 2. The number of halogens is 4. The molecule has 1 unspecified atom stereocenters. The Morgan fingerprint density at radius 2 is 1.74 bits per heavy atom. The number of aliphatic hydroxyl groups excluding tert-OH is 1. The van der Waals surface area contributed by atoms with E-state index in [2.05, 4.69) is 4.98 Å². The molecule has 3 nitrogen and oxygen atoms in total. The van der Waals surface area contributed by atoms with E-state index in [0.29, 0.717) is 12.5 Å². The molecule has 0 aliphatic carbocycles. The van der Waals surface area contributed by atoms with E-state index < -0.39 is 18.1 Å². The molecule has 1 aromatic heterocycles. The number of aliphatic hydroxyl groups is 1. The third kappa shape index (κ3) is 2.21. The fraction of sp³-hybridized carbons (Fsp3) is 0.250. The van der Waals surface area contributed by atoms with Gasteiger partial charge in [0, 0.05) is 12.4 Å². The van der Waals surface area contributed by atoms with E-state index >= 15 is 0 Å². The van der Waals surface area contributed by atoms with Crippen LogP contribution in [0.4, 0.5) is 17.6 Å². The van der Waals surface area contributed by atoms with Gasteiger partial charge in [0.05, 0.1) is 6.33 Å².